The monoisotopic (exact) mass is 355 g/mol. The van der Waals surface area contributed by atoms with Gasteiger partial charge in [-0.2, -0.15) is 4.98 Å². The van der Waals surface area contributed by atoms with Crippen molar-refractivity contribution in [2.75, 3.05) is 7.05 Å². The summed E-state index contributed by atoms with van der Waals surface area (Å²) in [5.74, 6) is -0.00391. The van der Waals surface area contributed by atoms with Crippen LogP contribution in [0.25, 0.3) is 6.08 Å². The van der Waals surface area contributed by atoms with Gasteiger partial charge in [0.2, 0.25) is 11.8 Å². The van der Waals surface area contributed by atoms with Gasteiger partial charge in [0, 0.05) is 25.1 Å². The molecule has 0 atom stereocenters. The number of alkyl halides is 3. The summed E-state index contributed by atoms with van der Waals surface area (Å²) >= 11 is 0. The number of aryl methyl sites for hydroxylation is 1. The Morgan fingerprint density at radius 3 is 2.72 bits per heavy atom. The third-order valence-corrected chi connectivity index (χ3v) is 3.13. The largest absolute Gasteiger partial charge is 0.573 e. The van der Waals surface area contributed by atoms with E-state index < -0.39 is 12.3 Å². The number of likely N-dealkylation sites (N-methyl/N-ethyl adjacent to an activating group) is 1. The second-order valence-corrected chi connectivity index (χ2v) is 5.07. The average Bonchev–Trinajstić information content (AvgIpc) is 3.00. The summed E-state index contributed by atoms with van der Waals surface area (Å²) in [6.45, 7) is 1.96. The Bertz CT molecular complexity index is 756. The zero-order valence-electron chi connectivity index (χ0n) is 13.6. The third-order valence-electron chi connectivity index (χ3n) is 3.13. The number of aromatic nitrogens is 2. The molecule has 0 N–H and O–H groups in total. The Balaban J connectivity index is 2.04. The van der Waals surface area contributed by atoms with E-state index in [0.717, 1.165) is 6.08 Å². The van der Waals surface area contributed by atoms with Gasteiger partial charge in [-0.25, -0.2) is 0 Å². The summed E-state index contributed by atoms with van der Waals surface area (Å²) in [6.07, 6.45) is -1.79. The number of ether oxygens (including phenoxy) is 1. The molecular weight excluding hydrogens is 339 g/mol. The van der Waals surface area contributed by atoms with Gasteiger partial charge in [0.05, 0.1) is 6.54 Å². The smallest absolute Gasteiger partial charge is 0.405 e. The van der Waals surface area contributed by atoms with Crippen molar-refractivity contribution in [3.05, 3.63) is 47.6 Å². The van der Waals surface area contributed by atoms with Crippen LogP contribution >= 0.6 is 0 Å². The number of amides is 1. The van der Waals surface area contributed by atoms with E-state index in [4.69, 9.17) is 4.52 Å². The van der Waals surface area contributed by atoms with Crippen LogP contribution in [0.2, 0.25) is 0 Å². The molecule has 9 heteroatoms. The third kappa shape index (κ3) is 5.63. The molecule has 6 nitrogen and oxygen atoms in total. The zero-order chi connectivity index (χ0) is 18.4. The minimum atomic E-state index is -4.81. The highest BCUT2D eigenvalue weighted by molar-refractivity contribution is 5.91. The van der Waals surface area contributed by atoms with Crippen molar-refractivity contribution in [3.8, 4) is 5.75 Å². The van der Waals surface area contributed by atoms with Gasteiger partial charge >= 0.3 is 6.36 Å². The van der Waals surface area contributed by atoms with Crippen LogP contribution in [0.3, 0.4) is 0 Å². The van der Waals surface area contributed by atoms with E-state index in [2.05, 4.69) is 14.9 Å². The fourth-order valence-corrected chi connectivity index (χ4v) is 1.90. The molecule has 2 aromatic rings. The zero-order valence-corrected chi connectivity index (χ0v) is 13.6. The summed E-state index contributed by atoms with van der Waals surface area (Å²) in [6, 6.07) is 5.54. The Morgan fingerprint density at radius 1 is 1.36 bits per heavy atom. The lowest BCUT2D eigenvalue weighted by atomic mass is 10.2. The normalized spacial score (nSPS) is 11.7. The number of carbonyl (C=O) groups excluding carboxylic acids is 1. The van der Waals surface area contributed by atoms with Gasteiger partial charge in [0.25, 0.3) is 0 Å². The maximum atomic E-state index is 12.4. The minimum absolute atomic E-state index is 0.0941. The molecule has 0 aliphatic heterocycles. The van der Waals surface area contributed by atoms with Crippen LogP contribution in [-0.4, -0.2) is 34.4 Å². The van der Waals surface area contributed by atoms with Crippen molar-refractivity contribution in [2.24, 2.45) is 0 Å². The van der Waals surface area contributed by atoms with Crippen molar-refractivity contribution in [1.82, 2.24) is 15.0 Å². The molecule has 0 aliphatic rings. The van der Waals surface area contributed by atoms with Gasteiger partial charge in [-0.1, -0.05) is 30.3 Å². The maximum Gasteiger partial charge on any atom is 0.573 e. The second-order valence-electron chi connectivity index (χ2n) is 5.07. The summed E-state index contributed by atoms with van der Waals surface area (Å²) in [4.78, 5) is 17.5. The van der Waals surface area contributed by atoms with Gasteiger partial charge in [-0.05, 0) is 12.1 Å². The lowest BCUT2D eigenvalue weighted by molar-refractivity contribution is -0.274. The van der Waals surface area contributed by atoms with E-state index in [1.807, 2.05) is 6.92 Å². The number of rotatable bonds is 6. The fraction of sp³-hybridized carbons (Fsp3) is 0.312. The van der Waals surface area contributed by atoms with E-state index in [1.54, 1.807) is 6.07 Å². The predicted octanol–water partition coefficient (Wildman–Crippen LogP) is 3.20. The van der Waals surface area contributed by atoms with Gasteiger partial charge < -0.3 is 14.2 Å². The molecule has 0 bridgehead atoms. The molecule has 1 aromatic carbocycles. The molecule has 0 radical (unpaired) electrons. The molecule has 1 amide bonds. The first-order valence-corrected chi connectivity index (χ1v) is 7.38. The molecule has 0 saturated carbocycles. The van der Waals surface area contributed by atoms with Crippen LogP contribution in [0.4, 0.5) is 13.2 Å². The lowest BCUT2D eigenvalue weighted by Crippen LogP contribution is -2.24. The van der Waals surface area contributed by atoms with Crippen LogP contribution in [0, 0.1) is 0 Å². The Kier molecular flexibility index (Phi) is 5.79. The summed E-state index contributed by atoms with van der Waals surface area (Å²) in [7, 11) is 1.51. The van der Waals surface area contributed by atoms with Crippen LogP contribution in [0.15, 0.2) is 34.9 Å². The van der Waals surface area contributed by atoms with Crippen LogP contribution in [0.5, 0.6) is 5.75 Å². The first-order chi connectivity index (χ1) is 11.8. The molecule has 0 aliphatic carbocycles. The SMILES string of the molecule is CCc1noc(CN(C)C(=O)C=Cc2ccccc2OC(F)(F)F)n1. The predicted molar refractivity (Wildman–Crippen MR) is 82.3 cm³/mol. The molecular formula is C16H16F3N3O3. The van der Waals surface area contributed by atoms with E-state index in [9.17, 15) is 18.0 Å². The van der Waals surface area contributed by atoms with Crippen molar-refractivity contribution in [1.29, 1.82) is 0 Å². The van der Waals surface area contributed by atoms with Crippen LogP contribution < -0.4 is 4.74 Å². The lowest BCUT2D eigenvalue weighted by Gasteiger charge is -2.13. The molecule has 2 rings (SSSR count). The number of para-hydroxylation sites is 1. The quantitative estimate of drug-likeness (QED) is 0.745. The second kappa shape index (κ2) is 7.82. The number of halogens is 3. The molecule has 1 aromatic heterocycles. The average molecular weight is 355 g/mol. The van der Waals surface area contributed by atoms with Crippen LogP contribution in [-0.2, 0) is 17.8 Å². The number of benzene rings is 1. The van der Waals surface area contributed by atoms with E-state index >= 15 is 0 Å². The molecule has 25 heavy (non-hydrogen) atoms. The first kappa shape index (κ1) is 18.5. The van der Waals surface area contributed by atoms with Crippen molar-refractivity contribution < 1.29 is 27.2 Å². The summed E-state index contributed by atoms with van der Waals surface area (Å²) < 4.78 is 46.0. The number of hydrogen-bond acceptors (Lipinski definition) is 5. The van der Waals surface area contributed by atoms with Crippen molar-refractivity contribution in [3.63, 3.8) is 0 Å². The molecule has 0 fully saturated rings. The van der Waals surface area contributed by atoms with Gasteiger partial charge in [-0.15, -0.1) is 13.2 Å². The summed E-state index contributed by atoms with van der Waals surface area (Å²) in [5, 5.41) is 3.72. The fourth-order valence-electron chi connectivity index (χ4n) is 1.90. The number of hydrogen-bond donors (Lipinski definition) is 0. The minimum Gasteiger partial charge on any atom is -0.405 e. The molecule has 1 heterocycles. The van der Waals surface area contributed by atoms with Gasteiger partial charge in [-0.3, -0.25) is 4.79 Å². The van der Waals surface area contributed by atoms with E-state index in [0.29, 0.717) is 12.2 Å². The molecule has 134 valence electrons. The van der Waals surface area contributed by atoms with E-state index in [-0.39, 0.29) is 23.7 Å². The molecule has 0 spiro atoms. The van der Waals surface area contributed by atoms with Crippen molar-refractivity contribution >= 4 is 12.0 Å². The standard InChI is InChI=1S/C16H16F3N3O3/c1-3-13-20-14(25-21-13)10-22(2)15(23)9-8-11-6-4-5-7-12(11)24-16(17,18)19/h4-9H,3,10H2,1-2H3. The number of nitrogens with zero attached hydrogens (tertiary/aromatic N) is 3. The number of carbonyl (C=O) groups is 1. The highest BCUT2D eigenvalue weighted by Crippen LogP contribution is 2.27. The highest BCUT2D eigenvalue weighted by Gasteiger charge is 2.31. The van der Waals surface area contributed by atoms with Crippen molar-refractivity contribution in [2.45, 2.75) is 26.3 Å². The maximum absolute atomic E-state index is 12.4. The Labute approximate surface area is 141 Å². The Hall–Kier alpha value is -2.84. The van der Waals surface area contributed by atoms with Crippen LogP contribution in [0.1, 0.15) is 24.2 Å². The molecule has 0 unspecified atom stereocenters. The van der Waals surface area contributed by atoms with Gasteiger partial charge in [0.1, 0.15) is 5.75 Å². The van der Waals surface area contributed by atoms with Gasteiger partial charge in [0.15, 0.2) is 5.82 Å². The molecule has 0 saturated heterocycles. The summed E-state index contributed by atoms with van der Waals surface area (Å²) in [5.41, 5.74) is 0.132. The van der Waals surface area contributed by atoms with E-state index in [1.165, 1.54) is 36.2 Å². The topological polar surface area (TPSA) is 68.5 Å². The highest BCUT2D eigenvalue weighted by atomic mass is 19.4. The first-order valence-electron chi connectivity index (χ1n) is 7.38. The Morgan fingerprint density at radius 2 is 2.08 bits per heavy atom.